The number of ether oxygens (including phenoxy) is 1. The highest BCUT2D eigenvalue weighted by Crippen LogP contribution is 2.16. The number of aliphatic hydroxyl groups excluding tert-OH is 2. The van der Waals surface area contributed by atoms with Gasteiger partial charge in [-0.25, -0.2) is 0 Å². The van der Waals surface area contributed by atoms with Gasteiger partial charge in [0.05, 0.1) is 25.2 Å². The molecule has 0 aromatic carbocycles. The molecule has 0 saturated heterocycles. The summed E-state index contributed by atoms with van der Waals surface area (Å²) in [6, 6.07) is -0.733. The second-order valence-corrected chi connectivity index (χ2v) is 17.2. The standard InChI is InChI=1S/C58H97NO5/c1-4-7-10-13-16-19-21-23-25-27-28-30-32-34-36-39-42-45-48-51-58(63)64-54(49-46-43-40-38-35-33-31-29-26-24-22-20-17-14-11-8-5-2)52-57(62)59-55(53-60)56(61)50-47-44-41-37-18-15-12-9-6-3/h8,11,16-17,19-20,23-26,28,30-31,33-34,36,38,40,54-56,60-61H,4-7,9-10,12-15,18,21-22,27,29,32,35,37,39,41-53H2,1-3H3,(H,59,62)/b11-8-,19-16-,20-17-,25-23-,26-24-,30-28-,33-31-,36-34-,40-38-. The van der Waals surface area contributed by atoms with Gasteiger partial charge in [-0.2, -0.15) is 0 Å². The number of allylic oxidation sites excluding steroid dienone is 18. The molecule has 0 aromatic rings. The maximum atomic E-state index is 13.2. The predicted molar refractivity (Wildman–Crippen MR) is 277 cm³/mol. The van der Waals surface area contributed by atoms with Crippen LogP contribution in [0.2, 0.25) is 0 Å². The Labute approximate surface area is 394 Å². The van der Waals surface area contributed by atoms with Gasteiger partial charge >= 0.3 is 5.97 Å². The number of hydrogen-bond acceptors (Lipinski definition) is 5. The topological polar surface area (TPSA) is 95.9 Å². The molecule has 1 amide bonds. The van der Waals surface area contributed by atoms with Crippen molar-refractivity contribution in [2.75, 3.05) is 6.61 Å². The molecule has 0 aliphatic carbocycles. The molecule has 0 radical (unpaired) electrons. The molecule has 6 heteroatoms. The van der Waals surface area contributed by atoms with Crippen LogP contribution in [0.25, 0.3) is 0 Å². The van der Waals surface area contributed by atoms with Gasteiger partial charge in [0.15, 0.2) is 0 Å². The monoisotopic (exact) mass is 888 g/mol. The third kappa shape index (κ3) is 45.1. The van der Waals surface area contributed by atoms with Crippen LogP contribution in [0.4, 0.5) is 0 Å². The van der Waals surface area contributed by atoms with E-state index >= 15 is 0 Å². The smallest absolute Gasteiger partial charge is 0.306 e. The van der Waals surface area contributed by atoms with Crippen LogP contribution in [0.1, 0.15) is 220 Å². The second kappa shape index (κ2) is 50.5. The maximum Gasteiger partial charge on any atom is 0.306 e. The summed E-state index contributed by atoms with van der Waals surface area (Å²) in [7, 11) is 0. The fraction of sp³-hybridized carbons (Fsp3) is 0.655. The summed E-state index contributed by atoms with van der Waals surface area (Å²) in [5, 5.41) is 23.7. The van der Waals surface area contributed by atoms with Crippen LogP contribution in [-0.4, -0.2) is 46.9 Å². The Kier molecular flexibility index (Phi) is 47.8. The van der Waals surface area contributed by atoms with E-state index in [0.717, 1.165) is 109 Å². The molecular weight excluding hydrogens is 791 g/mol. The van der Waals surface area contributed by atoms with Crippen LogP contribution in [0.5, 0.6) is 0 Å². The Morgan fingerprint density at radius 1 is 0.469 bits per heavy atom. The number of carbonyl (C=O) groups is 2. The van der Waals surface area contributed by atoms with Crippen molar-refractivity contribution in [1.82, 2.24) is 5.32 Å². The van der Waals surface area contributed by atoms with Crippen LogP contribution in [0, 0.1) is 0 Å². The average molecular weight is 888 g/mol. The number of aliphatic hydroxyl groups is 2. The molecule has 0 aliphatic heterocycles. The van der Waals surface area contributed by atoms with Crippen molar-refractivity contribution < 1.29 is 24.5 Å². The first-order valence-corrected chi connectivity index (χ1v) is 26.1. The number of unbranched alkanes of at least 4 members (excludes halogenated alkanes) is 15. The molecule has 0 saturated carbocycles. The summed E-state index contributed by atoms with van der Waals surface area (Å²) in [5.74, 6) is -0.577. The minimum atomic E-state index is -0.814. The molecular formula is C58H97NO5. The lowest BCUT2D eigenvalue weighted by Gasteiger charge is -2.24. The minimum Gasteiger partial charge on any atom is -0.462 e. The Hall–Kier alpha value is -3.48. The number of carbonyl (C=O) groups excluding carboxylic acids is 2. The fourth-order valence-corrected chi connectivity index (χ4v) is 7.15. The number of amides is 1. The van der Waals surface area contributed by atoms with Crippen LogP contribution in [0.3, 0.4) is 0 Å². The summed E-state index contributed by atoms with van der Waals surface area (Å²) >= 11 is 0. The van der Waals surface area contributed by atoms with Crippen molar-refractivity contribution in [3.05, 3.63) is 109 Å². The SMILES string of the molecule is CC/C=C\C/C=C\C/C=C\C/C=C\C/C=C\CCCC(CC(=O)NC(CO)C(O)CCCCCCCCCCC)OC(=O)CCCCC/C=C\C/C=C\C/C=C\C/C=C\CCCCC. The van der Waals surface area contributed by atoms with Crippen LogP contribution < -0.4 is 5.32 Å². The third-order valence-corrected chi connectivity index (χ3v) is 11.1. The molecule has 0 heterocycles. The highest BCUT2D eigenvalue weighted by atomic mass is 16.5. The van der Waals surface area contributed by atoms with E-state index in [2.05, 4.69) is 135 Å². The number of hydrogen-bond donors (Lipinski definition) is 3. The van der Waals surface area contributed by atoms with Crippen molar-refractivity contribution in [3.8, 4) is 0 Å². The average Bonchev–Trinajstić information content (AvgIpc) is 3.29. The summed E-state index contributed by atoms with van der Waals surface area (Å²) in [6.07, 6.45) is 68.7. The first-order valence-electron chi connectivity index (χ1n) is 26.1. The fourth-order valence-electron chi connectivity index (χ4n) is 7.15. The van der Waals surface area contributed by atoms with Crippen LogP contribution in [0.15, 0.2) is 109 Å². The Morgan fingerprint density at radius 2 is 0.859 bits per heavy atom. The molecule has 0 aromatic heterocycles. The number of esters is 1. The zero-order valence-corrected chi connectivity index (χ0v) is 41.4. The number of rotatable bonds is 45. The summed E-state index contributed by atoms with van der Waals surface area (Å²) in [5.41, 5.74) is 0. The molecule has 0 rings (SSSR count). The lowest BCUT2D eigenvalue weighted by Crippen LogP contribution is -2.46. The Bertz CT molecular complexity index is 1320. The van der Waals surface area contributed by atoms with Gasteiger partial charge in [-0.1, -0.05) is 207 Å². The first kappa shape index (κ1) is 60.5. The van der Waals surface area contributed by atoms with Crippen molar-refractivity contribution in [2.24, 2.45) is 0 Å². The quantitative estimate of drug-likeness (QED) is 0.0322. The van der Waals surface area contributed by atoms with Gasteiger partial charge in [-0.15, -0.1) is 0 Å². The van der Waals surface area contributed by atoms with Gasteiger partial charge in [0.2, 0.25) is 5.91 Å². The van der Waals surface area contributed by atoms with Crippen molar-refractivity contribution in [1.29, 1.82) is 0 Å². The largest absolute Gasteiger partial charge is 0.462 e. The molecule has 0 bridgehead atoms. The predicted octanol–water partition coefficient (Wildman–Crippen LogP) is 15.9. The molecule has 0 aliphatic rings. The lowest BCUT2D eigenvalue weighted by molar-refractivity contribution is -0.151. The molecule has 364 valence electrons. The van der Waals surface area contributed by atoms with Gasteiger partial charge in [0.25, 0.3) is 0 Å². The van der Waals surface area contributed by atoms with Gasteiger partial charge in [0.1, 0.15) is 6.10 Å². The van der Waals surface area contributed by atoms with Gasteiger partial charge in [0, 0.05) is 6.42 Å². The highest BCUT2D eigenvalue weighted by Gasteiger charge is 2.24. The highest BCUT2D eigenvalue weighted by molar-refractivity contribution is 5.77. The molecule has 3 unspecified atom stereocenters. The van der Waals surface area contributed by atoms with Gasteiger partial charge in [-0.05, 0) is 109 Å². The van der Waals surface area contributed by atoms with E-state index in [9.17, 15) is 19.8 Å². The second-order valence-electron chi connectivity index (χ2n) is 17.2. The molecule has 3 atom stereocenters. The summed E-state index contributed by atoms with van der Waals surface area (Å²) in [6.45, 7) is 6.29. The van der Waals surface area contributed by atoms with Gasteiger partial charge in [-0.3, -0.25) is 9.59 Å². The normalized spacial score (nSPS) is 14.1. The van der Waals surface area contributed by atoms with Crippen molar-refractivity contribution in [3.63, 3.8) is 0 Å². The minimum absolute atomic E-state index is 0.0186. The Morgan fingerprint density at radius 3 is 1.33 bits per heavy atom. The van der Waals surface area contributed by atoms with Gasteiger partial charge < -0.3 is 20.3 Å². The summed E-state index contributed by atoms with van der Waals surface area (Å²) < 4.78 is 5.89. The summed E-state index contributed by atoms with van der Waals surface area (Å²) in [4.78, 5) is 26.1. The van der Waals surface area contributed by atoms with E-state index in [1.807, 2.05) is 0 Å². The van der Waals surface area contributed by atoms with Crippen molar-refractivity contribution >= 4 is 11.9 Å². The maximum absolute atomic E-state index is 13.2. The lowest BCUT2D eigenvalue weighted by atomic mass is 10.0. The zero-order chi connectivity index (χ0) is 46.7. The molecule has 64 heavy (non-hydrogen) atoms. The molecule has 0 fully saturated rings. The molecule has 3 N–H and O–H groups in total. The third-order valence-electron chi connectivity index (χ3n) is 11.1. The van der Waals surface area contributed by atoms with E-state index in [0.29, 0.717) is 19.3 Å². The Balaban J connectivity index is 4.76. The van der Waals surface area contributed by atoms with Crippen molar-refractivity contribution in [2.45, 2.75) is 238 Å². The zero-order valence-electron chi connectivity index (χ0n) is 41.4. The molecule has 6 nitrogen and oxygen atoms in total. The van der Waals surface area contributed by atoms with Crippen LogP contribution >= 0.6 is 0 Å². The van der Waals surface area contributed by atoms with E-state index < -0.39 is 18.2 Å². The van der Waals surface area contributed by atoms with E-state index in [1.54, 1.807) is 0 Å². The van der Waals surface area contributed by atoms with Crippen LogP contribution in [-0.2, 0) is 14.3 Å². The number of nitrogens with one attached hydrogen (secondary N) is 1. The molecule has 0 spiro atoms. The van der Waals surface area contributed by atoms with E-state index in [4.69, 9.17) is 4.74 Å². The first-order chi connectivity index (χ1) is 31.5. The van der Waals surface area contributed by atoms with E-state index in [-0.39, 0.29) is 24.9 Å². The van der Waals surface area contributed by atoms with E-state index in [1.165, 1.54) is 64.2 Å².